The highest BCUT2D eigenvalue weighted by Crippen LogP contribution is 2.25. The number of hydrogen-bond acceptors (Lipinski definition) is 5. The highest BCUT2D eigenvalue weighted by Gasteiger charge is 2.39. The zero-order valence-corrected chi connectivity index (χ0v) is 11.6. The van der Waals surface area contributed by atoms with Crippen LogP contribution in [-0.2, 0) is 4.65 Å². The lowest BCUT2D eigenvalue weighted by atomic mass is 9.77. The van der Waals surface area contributed by atoms with Crippen LogP contribution in [0.25, 0.3) is 0 Å². The Bertz CT molecular complexity index is 430. The molecule has 0 amide bonds. The normalized spacial score (nSPS) is 12.6. The summed E-state index contributed by atoms with van der Waals surface area (Å²) in [4.78, 5) is 3.97. The number of nitrogens with two attached hydrogens (primary N) is 1. The lowest BCUT2D eigenvalue weighted by Crippen LogP contribution is -2.53. The Kier molecular flexibility index (Phi) is 4.05. The number of rotatable bonds is 4. The lowest BCUT2D eigenvalue weighted by Gasteiger charge is -2.38. The van der Waals surface area contributed by atoms with Crippen LogP contribution >= 0.6 is 0 Å². The van der Waals surface area contributed by atoms with Crippen molar-refractivity contribution in [1.29, 1.82) is 0 Å². The third-order valence-electron chi connectivity index (χ3n) is 3.30. The van der Waals surface area contributed by atoms with Crippen LogP contribution in [0.1, 0.15) is 33.3 Å². The van der Waals surface area contributed by atoms with Gasteiger partial charge in [0.25, 0.3) is 0 Å². The molecule has 0 bridgehead atoms. The highest BCUT2D eigenvalue weighted by molar-refractivity contribution is 6.60. The van der Waals surface area contributed by atoms with Gasteiger partial charge in [-0.15, -0.1) is 0 Å². The van der Waals surface area contributed by atoms with Gasteiger partial charge in [-0.3, -0.25) is 0 Å². The third kappa shape index (κ3) is 3.22. The van der Waals surface area contributed by atoms with Crippen molar-refractivity contribution in [2.45, 2.75) is 45.8 Å². The first-order valence-electron chi connectivity index (χ1n) is 5.85. The van der Waals surface area contributed by atoms with Gasteiger partial charge in [-0.1, -0.05) is 6.07 Å². The molecule has 0 aliphatic heterocycles. The molecule has 100 valence electrons. The number of anilines is 1. The van der Waals surface area contributed by atoms with E-state index in [1.54, 1.807) is 40.7 Å². The Morgan fingerprint density at radius 1 is 1.33 bits per heavy atom. The highest BCUT2D eigenvalue weighted by atomic mass is 16.5. The van der Waals surface area contributed by atoms with E-state index < -0.39 is 18.3 Å². The van der Waals surface area contributed by atoms with Crippen LogP contribution in [-0.4, -0.2) is 33.4 Å². The molecule has 0 spiro atoms. The molecule has 0 atom stereocenters. The van der Waals surface area contributed by atoms with Crippen LogP contribution in [0, 0.1) is 6.92 Å². The fraction of sp³-hybridized carbons (Fsp3) is 0.583. The number of aliphatic hydroxyl groups is 1. The van der Waals surface area contributed by atoms with E-state index in [4.69, 9.17) is 10.4 Å². The van der Waals surface area contributed by atoms with Crippen LogP contribution in [0.5, 0.6) is 0 Å². The molecule has 0 fully saturated rings. The summed E-state index contributed by atoms with van der Waals surface area (Å²) in [6.07, 6.45) is 1.47. The molecule has 0 saturated carbocycles. The summed E-state index contributed by atoms with van der Waals surface area (Å²) in [5, 5.41) is 20.0. The molecule has 1 heterocycles. The first-order valence-corrected chi connectivity index (χ1v) is 5.85. The maximum atomic E-state index is 10.0. The SMILES string of the molecule is Cc1cc(B(O)OC(C)(C)C(C)(C)O)cnc1N. The average molecular weight is 252 g/mol. The Morgan fingerprint density at radius 2 is 1.89 bits per heavy atom. The summed E-state index contributed by atoms with van der Waals surface area (Å²) in [5.41, 5.74) is 4.92. The predicted molar refractivity (Wildman–Crippen MR) is 72.5 cm³/mol. The molecular formula is C12H21BN2O3. The molecule has 0 radical (unpaired) electrons. The topological polar surface area (TPSA) is 88.6 Å². The minimum atomic E-state index is -1.15. The molecule has 4 N–H and O–H groups in total. The second-order valence-electron chi connectivity index (χ2n) is 5.51. The Hall–Kier alpha value is -1.11. The van der Waals surface area contributed by atoms with Crippen LogP contribution in [0.15, 0.2) is 12.3 Å². The maximum absolute atomic E-state index is 10.0. The van der Waals surface area contributed by atoms with E-state index in [0.717, 1.165) is 5.56 Å². The van der Waals surface area contributed by atoms with E-state index in [-0.39, 0.29) is 0 Å². The monoisotopic (exact) mass is 252 g/mol. The van der Waals surface area contributed by atoms with Crippen molar-refractivity contribution in [2.24, 2.45) is 0 Å². The van der Waals surface area contributed by atoms with Crippen molar-refractivity contribution >= 4 is 18.4 Å². The summed E-state index contributed by atoms with van der Waals surface area (Å²) in [7, 11) is -1.15. The summed E-state index contributed by atoms with van der Waals surface area (Å²) in [6, 6.07) is 1.72. The molecule has 5 nitrogen and oxygen atoms in total. The van der Waals surface area contributed by atoms with Gasteiger partial charge >= 0.3 is 7.12 Å². The van der Waals surface area contributed by atoms with Crippen LogP contribution in [0.2, 0.25) is 0 Å². The van der Waals surface area contributed by atoms with Gasteiger partial charge in [-0.05, 0) is 40.2 Å². The van der Waals surface area contributed by atoms with Crippen molar-refractivity contribution in [3.63, 3.8) is 0 Å². The maximum Gasteiger partial charge on any atom is 0.493 e. The second-order valence-corrected chi connectivity index (χ2v) is 5.51. The molecule has 0 aromatic carbocycles. The number of nitrogens with zero attached hydrogens (tertiary/aromatic N) is 1. The summed E-state index contributed by atoms with van der Waals surface area (Å²) < 4.78 is 5.51. The minimum absolute atomic E-state index is 0.424. The molecular weight excluding hydrogens is 231 g/mol. The third-order valence-corrected chi connectivity index (χ3v) is 3.30. The fourth-order valence-corrected chi connectivity index (χ4v) is 1.23. The van der Waals surface area contributed by atoms with E-state index in [1.165, 1.54) is 6.20 Å². The molecule has 1 aromatic heterocycles. The van der Waals surface area contributed by atoms with Gasteiger partial charge in [0.15, 0.2) is 0 Å². The number of aromatic nitrogens is 1. The first kappa shape index (κ1) is 15.0. The Balaban J connectivity index is 2.89. The standard InChI is InChI=1S/C12H21BN2O3/c1-8-6-9(7-15-10(8)14)13(17)18-12(4,5)11(2,3)16/h6-7,16-17H,1-5H3,(H2,14,15). The Morgan fingerprint density at radius 3 is 2.33 bits per heavy atom. The second kappa shape index (κ2) is 4.88. The van der Waals surface area contributed by atoms with E-state index >= 15 is 0 Å². The molecule has 1 rings (SSSR count). The largest absolute Gasteiger partial charge is 0.493 e. The van der Waals surface area contributed by atoms with E-state index in [1.807, 2.05) is 0 Å². The lowest BCUT2D eigenvalue weighted by molar-refractivity contribution is -0.0982. The number of nitrogen functional groups attached to an aromatic ring is 1. The molecule has 18 heavy (non-hydrogen) atoms. The number of hydrogen-bond donors (Lipinski definition) is 3. The van der Waals surface area contributed by atoms with Gasteiger partial charge in [0, 0.05) is 11.7 Å². The van der Waals surface area contributed by atoms with Gasteiger partial charge in [0.05, 0.1) is 11.2 Å². The molecule has 0 saturated heterocycles. The predicted octanol–water partition coefficient (Wildman–Crippen LogP) is 0.226. The minimum Gasteiger partial charge on any atom is -0.423 e. The molecule has 6 heteroatoms. The Labute approximate surface area is 108 Å². The van der Waals surface area contributed by atoms with Gasteiger partial charge in [0.2, 0.25) is 0 Å². The van der Waals surface area contributed by atoms with E-state index in [0.29, 0.717) is 11.3 Å². The molecule has 0 aliphatic rings. The quantitative estimate of drug-likeness (QED) is 0.667. The summed E-state index contributed by atoms with van der Waals surface area (Å²) in [6.45, 7) is 8.50. The van der Waals surface area contributed by atoms with Crippen molar-refractivity contribution in [3.8, 4) is 0 Å². The summed E-state index contributed by atoms with van der Waals surface area (Å²) in [5.74, 6) is 0.424. The van der Waals surface area contributed by atoms with Crippen LogP contribution in [0.4, 0.5) is 5.82 Å². The van der Waals surface area contributed by atoms with Gasteiger partial charge < -0.3 is 20.5 Å². The van der Waals surface area contributed by atoms with Crippen LogP contribution in [0.3, 0.4) is 0 Å². The zero-order valence-electron chi connectivity index (χ0n) is 11.6. The van der Waals surface area contributed by atoms with Crippen molar-refractivity contribution in [2.75, 3.05) is 5.73 Å². The first-order chi connectivity index (χ1) is 8.04. The fourth-order valence-electron chi connectivity index (χ4n) is 1.23. The van der Waals surface area contributed by atoms with E-state index in [9.17, 15) is 10.1 Å². The molecule has 0 aliphatic carbocycles. The number of aryl methyl sites for hydroxylation is 1. The number of pyridine rings is 1. The van der Waals surface area contributed by atoms with Gasteiger partial charge in [-0.2, -0.15) is 0 Å². The van der Waals surface area contributed by atoms with Crippen molar-refractivity contribution in [3.05, 3.63) is 17.8 Å². The molecule has 1 aromatic rings. The van der Waals surface area contributed by atoms with Gasteiger partial charge in [0.1, 0.15) is 5.82 Å². The van der Waals surface area contributed by atoms with Crippen molar-refractivity contribution < 1.29 is 14.8 Å². The zero-order chi connectivity index (χ0) is 14.1. The molecule has 0 unspecified atom stereocenters. The van der Waals surface area contributed by atoms with Gasteiger partial charge in [-0.25, -0.2) is 4.98 Å². The average Bonchev–Trinajstić information content (AvgIpc) is 2.19. The van der Waals surface area contributed by atoms with Crippen molar-refractivity contribution in [1.82, 2.24) is 4.98 Å². The smallest absolute Gasteiger partial charge is 0.423 e. The summed E-state index contributed by atoms with van der Waals surface area (Å²) >= 11 is 0. The van der Waals surface area contributed by atoms with Crippen LogP contribution < -0.4 is 11.2 Å². The van der Waals surface area contributed by atoms with E-state index in [2.05, 4.69) is 4.98 Å².